The lowest BCUT2D eigenvalue weighted by Gasteiger charge is -2.37. The summed E-state index contributed by atoms with van der Waals surface area (Å²) in [4.78, 5) is 25.1. The number of rotatable bonds is 5. The monoisotopic (exact) mass is 255 g/mol. The molecule has 1 amide bonds. The second kappa shape index (κ2) is 6.21. The van der Waals surface area contributed by atoms with Gasteiger partial charge in [0.2, 0.25) is 5.91 Å². The van der Waals surface area contributed by atoms with E-state index in [9.17, 15) is 9.59 Å². The number of nitrogens with zero attached hydrogens (tertiary/aromatic N) is 1. The van der Waals surface area contributed by atoms with Crippen LogP contribution in [0, 0.1) is 11.3 Å². The normalized spacial score (nSPS) is 20.2. The number of hydrogen-bond donors (Lipinski definition) is 1. The standard InChI is InChI=1S/C14H25NO3/c1-4-15(10-11(2)12(16)17)13(18)14(3)8-6-5-7-9-14/h11H,4-10H2,1-3H3,(H,16,17). The molecule has 1 aliphatic carbocycles. The highest BCUT2D eigenvalue weighted by atomic mass is 16.4. The molecule has 0 aliphatic heterocycles. The van der Waals surface area contributed by atoms with E-state index < -0.39 is 11.9 Å². The Kier molecular flexibility index (Phi) is 5.17. The number of amides is 1. The maximum atomic E-state index is 12.5. The van der Waals surface area contributed by atoms with Gasteiger partial charge in [0, 0.05) is 18.5 Å². The van der Waals surface area contributed by atoms with Crippen molar-refractivity contribution in [2.45, 2.75) is 52.9 Å². The van der Waals surface area contributed by atoms with Crippen molar-refractivity contribution < 1.29 is 14.7 Å². The highest BCUT2D eigenvalue weighted by Crippen LogP contribution is 2.37. The van der Waals surface area contributed by atoms with Crippen LogP contribution in [0.15, 0.2) is 0 Å². The number of carboxylic acids is 1. The quantitative estimate of drug-likeness (QED) is 0.821. The molecule has 1 rings (SSSR count). The second-order valence-electron chi connectivity index (χ2n) is 5.70. The smallest absolute Gasteiger partial charge is 0.308 e. The molecular formula is C14H25NO3. The van der Waals surface area contributed by atoms with E-state index in [1.807, 2.05) is 13.8 Å². The molecule has 0 spiro atoms. The Morgan fingerprint density at radius 2 is 1.83 bits per heavy atom. The van der Waals surface area contributed by atoms with Crippen molar-refractivity contribution in [3.63, 3.8) is 0 Å². The zero-order valence-corrected chi connectivity index (χ0v) is 11.7. The first-order valence-corrected chi connectivity index (χ1v) is 6.93. The van der Waals surface area contributed by atoms with Crippen LogP contribution in [0.5, 0.6) is 0 Å². The number of carboxylic acid groups (broad SMARTS) is 1. The molecule has 1 fully saturated rings. The number of carbonyl (C=O) groups is 2. The van der Waals surface area contributed by atoms with Gasteiger partial charge < -0.3 is 10.0 Å². The van der Waals surface area contributed by atoms with Crippen LogP contribution < -0.4 is 0 Å². The first-order valence-electron chi connectivity index (χ1n) is 6.93. The van der Waals surface area contributed by atoms with Crippen molar-refractivity contribution in [2.75, 3.05) is 13.1 Å². The molecule has 104 valence electrons. The minimum Gasteiger partial charge on any atom is -0.481 e. The van der Waals surface area contributed by atoms with E-state index in [4.69, 9.17) is 5.11 Å². The Morgan fingerprint density at radius 1 is 1.28 bits per heavy atom. The molecule has 1 atom stereocenters. The van der Waals surface area contributed by atoms with Crippen molar-refractivity contribution in [3.05, 3.63) is 0 Å². The van der Waals surface area contributed by atoms with E-state index in [0.717, 1.165) is 25.7 Å². The molecule has 4 heteroatoms. The van der Waals surface area contributed by atoms with Gasteiger partial charge in [-0.05, 0) is 19.8 Å². The van der Waals surface area contributed by atoms with Crippen molar-refractivity contribution in [1.82, 2.24) is 4.90 Å². The zero-order valence-electron chi connectivity index (χ0n) is 11.7. The van der Waals surface area contributed by atoms with Crippen LogP contribution >= 0.6 is 0 Å². The average Bonchev–Trinajstić information content (AvgIpc) is 2.35. The summed E-state index contributed by atoms with van der Waals surface area (Å²) in [6.07, 6.45) is 5.29. The van der Waals surface area contributed by atoms with Gasteiger partial charge in [0.15, 0.2) is 0 Å². The van der Waals surface area contributed by atoms with E-state index in [2.05, 4.69) is 0 Å². The van der Waals surface area contributed by atoms with Crippen LogP contribution in [0.1, 0.15) is 52.9 Å². The minimum atomic E-state index is -0.838. The van der Waals surface area contributed by atoms with E-state index in [0.29, 0.717) is 13.1 Å². The molecule has 18 heavy (non-hydrogen) atoms. The van der Waals surface area contributed by atoms with Crippen molar-refractivity contribution in [1.29, 1.82) is 0 Å². The maximum Gasteiger partial charge on any atom is 0.308 e. The summed E-state index contributed by atoms with van der Waals surface area (Å²) in [5, 5.41) is 8.94. The first-order chi connectivity index (χ1) is 8.40. The topological polar surface area (TPSA) is 57.6 Å². The second-order valence-corrected chi connectivity index (χ2v) is 5.70. The van der Waals surface area contributed by atoms with Crippen LogP contribution in [0.4, 0.5) is 0 Å². The third kappa shape index (κ3) is 3.47. The van der Waals surface area contributed by atoms with Crippen LogP contribution in [0.25, 0.3) is 0 Å². The van der Waals surface area contributed by atoms with Gasteiger partial charge in [-0.25, -0.2) is 0 Å². The third-order valence-corrected chi connectivity index (χ3v) is 4.06. The number of aliphatic carboxylic acids is 1. The highest BCUT2D eigenvalue weighted by Gasteiger charge is 2.37. The molecule has 0 aromatic rings. The Bertz CT molecular complexity index is 308. The molecule has 1 aliphatic rings. The summed E-state index contributed by atoms with van der Waals surface area (Å²) in [6.45, 7) is 6.51. The van der Waals surface area contributed by atoms with Gasteiger partial charge in [0.1, 0.15) is 0 Å². The lowest BCUT2D eigenvalue weighted by Crippen LogP contribution is -2.45. The fraction of sp³-hybridized carbons (Fsp3) is 0.857. The van der Waals surface area contributed by atoms with E-state index in [1.54, 1.807) is 11.8 Å². The average molecular weight is 255 g/mol. The molecule has 4 nitrogen and oxygen atoms in total. The summed E-state index contributed by atoms with van der Waals surface area (Å²) in [5.74, 6) is -1.20. The summed E-state index contributed by atoms with van der Waals surface area (Å²) in [5.41, 5.74) is -0.271. The zero-order chi connectivity index (χ0) is 13.8. The number of hydrogen-bond acceptors (Lipinski definition) is 2. The fourth-order valence-corrected chi connectivity index (χ4v) is 2.69. The number of carbonyl (C=O) groups excluding carboxylic acids is 1. The molecule has 0 aromatic carbocycles. The first kappa shape index (κ1) is 15.0. The van der Waals surface area contributed by atoms with E-state index in [1.165, 1.54) is 6.42 Å². The predicted octanol–water partition coefficient (Wildman–Crippen LogP) is 2.53. The van der Waals surface area contributed by atoms with Crippen LogP contribution in [-0.4, -0.2) is 35.0 Å². The molecule has 0 aromatic heterocycles. The van der Waals surface area contributed by atoms with Crippen LogP contribution in [0.3, 0.4) is 0 Å². The lowest BCUT2D eigenvalue weighted by atomic mass is 9.74. The van der Waals surface area contributed by atoms with Crippen LogP contribution in [-0.2, 0) is 9.59 Å². The highest BCUT2D eigenvalue weighted by molar-refractivity contribution is 5.83. The SMILES string of the molecule is CCN(CC(C)C(=O)O)C(=O)C1(C)CCCCC1. The molecule has 0 saturated heterocycles. The van der Waals surface area contributed by atoms with Gasteiger partial charge in [-0.3, -0.25) is 9.59 Å². The van der Waals surface area contributed by atoms with Crippen molar-refractivity contribution in [3.8, 4) is 0 Å². The third-order valence-electron chi connectivity index (χ3n) is 4.06. The van der Waals surface area contributed by atoms with Crippen molar-refractivity contribution in [2.24, 2.45) is 11.3 Å². The minimum absolute atomic E-state index is 0.137. The van der Waals surface area contributed by atoms with E-state index >= 15 is 0 Å². The van der Waals surface area contributed by atoms with Gasteiger partial charge in [0.05, 0.1) is 5.92 Å². The Balaban J connectivity index is 2.69. The Hall–Kier alpha value is -1.06. The molecule has 0 heterocycles. The Morgan fingerprint density at radius 3 is 2.28 bits per heavy atom. The molecule has 1 unspecified atom stereocenters. The molecule has 0 bridgehead atoms. The van der Waals surface area contributed by atoms with Crippen molar-refractivity contribution >= 4 is 11.9 Å². The van der Waals surface area contributed by atoms with E-state index in [-0.39, 0.29) is 11.3 Å². The maximum absolute atomic E-state index is 12.5. The largest absolute Gasteiger partial charge is 0.481 e. The van der Waals surface area contributed by atoms with Gasteiger partial charge >= 0.3 is 5.97 Å². The summed E-state index contributed by atoms with van der Waals surface area (Å²) in [6, 6.07) is 0. The van der Waals surface area contributed by atoms with Gasteiger partial charge in [-0.1, -0.05) is 33.1 Å². The predicted molar refractivity (Wildman–Crippen MR) is 70.2 cm³/mol. The van der Waals surface area contributed by atoms with Gasteiger partial charge in [0.25, 0.3) is 0 Å². The summed E-state index contributed by atoms with van der Waals surface area (Å²) < 4.78 is 0. The molecule has 1 N–H and O–H groups in total. The Labute approximate surface area is 109 Å². The van der Waals surface area contributed by atoms with Crippen LogP contribution in [0.2, 0.25) is 0 Å². The molecule has 0 radical (unpaired) electrons. The fourth-order valence-electron chi connectivity index (χ4n) is 2.69. The lowest BCUT2D eigenvalue weighted by molar-refractivity contribution is -0.147. The van der Waals surface area contributed by atoms with Gasteiger partial charge in [-0.15, -0.1) is 0 Å². The molecule has 1 saturated carbocycles. The molecular weight excluding hydrogens is 230 g/mol. The summed E-state index contributed by atoms with van der Waals surface area (Å²) >= 11 is 0. The van der Waals surface area contributed by atoms with Gasteiger partial charge in [-0.2, -0.15) is 0 Å². The summed E-state index contributed by atoms with van der Waals surface area (Å²) in [7, 11) is 0.